The minimum absolute atomic E-state index is 0.00569. The molecule has 2 N–H and O–H groups in total. The molecule has 1 heterocycles. The van der Waals surface area contributed by atoms with Crippen molar-refractivity contribution < 1.29 is 14.7 Å². The summed E-state index contributed by atoms with van der Waals surface area (Å²) in [5.41, 5.74) is -0.949. The standard InChI is InChI=1S/C16H23N3O3/c20-13(21)11-16(5-2-1-3-6-16)18-14(22)15(7-8-15)12-19-10-4-9-17-19/h4,9-10H,1-3,5-8,11-12H2,(H,18,22)(H,20,21). The van der Waals surface area contributed by atoms with Gasteiger partial charge in [-0.3, -0.25) is 14.3 Å². The van der Waals surface area contributed by atoms with Crippen LogP contribution < -0.4 is 5.32 Å². The molecule has 2 saturated carbocycles. The average Bonchev–Trinajstić information content (AvgIpc) is 3.06. The van der Waals surface area contributed by atoms with Crippen molar-refractivity contribution in [1.29, 1.82) is 0 Å². The molecular weight excluding hydrogens is 282 g/mol. The molecule has 2 aliphatic rings. The van der Waals surface area contributed by atoms with Gasteiger partial charge in [-0.15, -0.1) is 0 Å². The molecule has 2 aliphatic carbocycles. The highest BCUT2D eigenvalue weighted by molar-refractivity contribution is 5.86. The first-order chi connectivity index (χ1) is 10.5. The molecule has 6 heteroatoms. The Kier molecular flexibility index (Phi) is 3.93. The zero-order chi connectivity index (χ0) is 15.6. The van der Waals surface area contributed by atoms with E-state index in [-0.39, 0.29) is 12.3 Å². The lowest BCUT2D eigenvalue weighted by Gasteiger charge is -2.38. The number of hydrogen-bond acceptors (Lipinski definition) is 3. The van der Waals surface area contributed by atoms with E-state index in [0.29, 0.717) is 6.54 Å². The van der Waals surface area contributed by atoms with Crippen LogP contribution in [-0.4, -0.2) is 32.3 Å². The van der Waals surface area contributed by atoms with Crippen molar-refractivity contribution in [3.8, 4) is 0 Å². The minimum Gasteiger partial charge on any atom is -0.481 e. The second kappa shape index (κ2) is 5.74. The van der Waals surface area contributed by atoms with Gasteiger partial charge < -0.3 is 10.4 Å². The van der Waals surface area contributed by atoms with Gasteiger partial charge in [0.2, 0.25) is 5.91 Å². The summed E-state index contributed by atoms with van der Waals surface area (Å²) >= 11 is 0. The molecule has 1 aromatic rings. The van der Waals surface area contributed by atoms with E-state index in [9.17, 15) is 14.7 Å². The third-order valence-electron chi connectivity index (χ3n) is 5.04. The van der Waals surface area contributed by atoms with E-state index in [1.165, 1.54) is 0 Å². The number of aromatic nitrogens is 2. The lowest BCUT2D eigenvalue weighted by atomic mass is 9.78. The van der Waals surface area contributed by atoms with E-state index >= 15 is 0 Å². The molecular formula is C16H23N3O3. The number of carbonyl (C=O) groups excluding carboxylic acids is 1. The fourth-order valence-electron chi connectivity index (χ4n) is 3.55. The van der Waals surface area contributed by atoms with Gasteiger partial charge in [0.25, 0.3) is 0 Å². The van der Waals surface area contributed by atoms with Crippen molar-refractivity contribution in [1.82, 2.24) is 15.1 Å². The van der Waals surface area contributed by atoms with Crippen molar-refractivity contribution in [2.24, 2.45) is 5.41 Å². The lowest BCUT2D eigenvalue weighted by molar-refractivity contribution is -0.140. The van der Waals surface area contributed by atoms with Crippen molar-refractivity contribution >= 4 is 11.9 Å². The molecule has 0 saturated heterocycles. The Morgan fingerprint density at radius 3 is 2.45 bits per heavy atom. The van der Waals surface area contributed by atoms with Gasteiger partial charge in [0.1, 0.15) is 0 Å². The summed E-state index contributed by atoms with van der Waals surface area (Å²) in [6.07, 6.45) is 9.92. The Labute approximate surface area is 129 Å². The van der Waals surface area contributed by atoms with Gasteiger partial charge in [-0.05, 0) is 31.7 Å². The van der Waals surface area contributed by atoms with Gasteiger partial charge >= 0.3 is 5.97 Å². The fraction of sp³-hybridized carbons (Fsp3) is 0.688. The molecule has 6 nitrogen and oxygen atoms in total. The second-order valence-corrected chi connectivity index (χ2v) is 6.85. The molecule has 2 fully saturated rings. The van der Waals surface area contributed by atoms with Gasteiger partial charge in [0, 0.05) is 12.4 Å². The molecule has 0 spiro atoms. The Bertz CT molecular complexity index is 543. The first-order valence-electron chi connectivity index (χ1n) is 8.06. The van der Waals surface area contributed by atoms with Crippen molar-refractivity contribution in [3.05, 3.63) is 18.5 Å². The van der Waals surface area contributed by atoms with Crippen molar-refractivity contribution in [2.45, 2.75) is 63.5 Å². The topological polar surface area (TPSA) is 84.2 Å². The average molecular weight is 305 g/mol. The highest BCUT2D eigenvalue weighted by atomic mass is 16.4. The summed E-state index contributed by atoms with van der Waals surface area (Å²) in [6, 6.07) is 1.85. The molecule has 0 atom stereocenters. The number of hydrogen-bond donors (Lipinski definition) is 2. The molecule has 0 aliphatic heterocycles. The Morgan fingerprint density at radius 1 is 1.18 bits per heavy atom. The molecule has 0 bridgehead atoms. The van der Waals surface area contributed by atoms with Crippen LogP contribution in [0, 0.1) is 5.41 Å². The number of nitrogens with one attached hydrogen (secondary N) is 1. The summed E-state index contributed by atoms with van der Waals surface area (Å²) in [4.78, 5) is 24.0. The molecule has 0 unspecified atom stereocenters. The largest absolute Gasteiger partial charge is 0.481 e. The van der Waals surface area contributed by atoms with Gasteiger partial charge in [-0.25, -0.2) is 0 Å². The molecule has 120 valence electrons. The molecule has 0 radical (unpaired) electrons. The number of rotatable bonds is 6. The summed E-state index contributed by atoms with van der Waals surface area (Å²) in [6.45, 7) is 0.578. The molecule has 1 amide bonds. The van der Waals surface area contributed by atoms with Gasteiger partial charge in [-0.1, -0.05) is 19.3 Å². The van der Waals surface area contributed by atoms with Crippen LogP contribution in [0.3, 0.4) is 0 Å². The zero-order valence-electron chi connectivity index (χ0n) is 12.8. The quantitative estimate of drug-likeness (QED) is 0.841. The van der Waals surface area contributed by atoms with E-state index < -0.39 is 16.9 Å². The number of carbonyl (C=O) groups is 2. The van der Waals surface area contributed by atoms with Gasteiger partial charge in [0.05, 0.1) is 23.9 Å². The summed E-state index contributed by atoms with van der Waals surface area (Å²) < 4.78 is 1.79. The van der Waals surface area contributed by atoms with Gasteiger partial charge in [-0.2, -0.15) is 5.10 Å². The first-order valence-corrected chi connectivity index (χ1v) is 8.06. The van der Waals surface area contributed by atoms with Gasteiger partial charge in [0.15, 0.2) is 0 Å². The lowest BCUT2D eigenvalue weighted by Crippen LogP contribution is -2.53. The highest BCUT2D eigenvalue weighted by Gasteiger charge is 2.52. The zero-order valence-corrected chi connectivity index (χ0v) is 12.8. The smallest absolute Gasteiger partial charge is 0.305 e. The van der Waals surface area contributed by atoms with Crippen LogP contribution in [0.2, 0.25) is 0 Å². The Balaban J connectivity index is 1.69. The van der Waals surface area contributed by atoms with Crippen LogP contribution >= 0.6 is 0 Å². The van der Waals surface area contributed by atoms with Crippen molar-refractivity contribution in [2.75, 3.05) is 0 Å². The van der Waals surface area contributed by atoms with Crippen LogP contribution in [0.15, 0.2) is 18.5 Å². The monoisotopic (exact) mass is 305 g/mol. The maximum absolute atomic E-state index is 12.8. The number of nitrogens with zero attached hydrogens (tertiary/aromatic N) is 2. The van der Waals surface area contributed by atoms with E-state index in [2.05, 4.69) is 10.4 Å². The maximum Gasteiger partial charge on any atom is 0.305 e. The Morgan fingerprint density at radius 2 is 1.91 bits per heavy atom. The van der Waals surface area contributed by atoms with E-state index in [0.717, 1.165) is 44.9 Å². The van der Waals surface area contributed by atoms with E-state index in [4.69, 9.17) is 0 Å². The van der Waals surface area contributed by atoms with E-state index in [1.54, 1.807) is 10.9 Å². The third kappa shape index (κ3) is 3.15. The summed E-state index contributed by atoms with van der Waals surface area (Å²) in [5, 5.41) is 16.5. The van der Waals surface area contributed by atoms with Crippen LogP contribution in [0.25, 0.3) is 0 Å². The normalized spacial score (nSPS) is 22.0. The van der Waals surface area contributed by atoms with Crippen LogP contribution in [-0.2, 0) is 16.1 Å². The third-order valence-corrected chi connectivity index (χ3v) is 5.04. The number of amides is 1. The maximum atomic E-state index is 12.8. The number of aliphatic carboxylic acids is 1. The molecule has 0 aromatic carbocycles. The second-order valence-electron chi connectivity index (χ2n) is 6.85. The SMILES string of the molecule is O=C(O)CC1(NC(=O)C2(Cn3cccn3)CC2)CCCCC1. The van der Waals surface area contributed by atoms with Crippen LogP contribution in [0.4, 0.5) is 0 Å². The molecule has 3 rings (SSSR count). The predicted octanol–water partition coefficient (Wildman–Crippen LogP) is 1.96. The number of carboxylic acids is 1. The predicted molar refractivity (Wildman–Crippen MR) is 80.1 cm³/mol. The van der Waals surface area contributed by atoms with Crippen molar-refractivity contribution in [3.63, 3.8) is 0 Å². The number of carboxylic acid groups (broad SMARTS) is 1. The van der Waals surface area contributed by atoms with Crippen LogP contribution in [0.5, 0.6) is 0 Å². The highest BCUT2D eigenvalue weighted by Crippen LogP contribution is 2.48. The minimum atomic E-state index is -0.834. The first kappa shape index (κ1) is 15.1. The van der Waals surface area contributed by atoms with Crippen LogP contribution in [0.1, 0.15) is 51.4 Å². The summed E-state index contributed by atoms with van der Waals surface area (Å²) in [5.74, 6) is -0.828. The molecule has 22 heavy (non-hydrogen) atoms. The molecule has 1 aromatic heterocycles. The fourth-order valence-corrected chi connectivity index (χ4v) is 3.55. The Hall–Kier alpha value is -1.85. The summed E-state index contributed by atoms with van der Waals surface area (Å²) in [7, 11) is 0. The van der Waals surface area contributed by atoms with E-state index in [1.807, 2.05) is 12.3 Å².